The number of rotatable bonds is 5. The van der Waals surface area contributed by atoms with E-state index in [0.717, 1.165) is 29.8 Å². The molecule has 0 aromatic heterocycles. The van der Waals surface area contributed by atoms with Crippen LogP contribution in [0.2, 0.25) is 0 Å². The van der Waals surface area contributed by atoms with Gasteiger partial charge in [0.1, 0.15) is 5.75 Å². The zero-order chi connectivity index (χ0) is 18.7. The van der Waals surface area contributed by atoms with E-state index in [1.165, 1.54) is 16.7 Å². The minimum Gasteiger partial charge on any atom is -0.497 e. The fourth-order valence-electron chi connectivity index (χ4n) is 4.28. The van der Waals surface area contributed by atoms with E-state index >= 15 is 0 Å². The van der Waals surface area contributed by atoms with E-state index in [1.807, 2.05) is 24.1 Å². The average molecular weight is 356 g/mol. The molecule has 26 heavy (non-hydrogen) atoms. The number of nitrogens with zero attached hydrogens (tertiary/aromatic N) is 1. The summed E-state index contributed by atoms with van der Waals surface area (Å²) in [6, 6.07) is 12.4. The van der Waals surface area contributed by atoms with Gasteiger partial charge in [-0.25, -0.2) is 0 Å². The molecule has 1 heterocycles. The molecule has 0 unspecified atom stereocenters. The molecule has 1 aliphatic rings. The van der Waals surface area contributed by atoms with Gasteiger partial charge in [-0.2, -0.15) is 0 Å². The summed E-state index contributed by atoms with van der Waals surface area (Å²) < 4.78 is 5.28. The quantitative estimate of drug-likeness (QED) is 0.893. The van der Waals surface area contributed by atoms with Gasteiger partial charge < -0.3 is 14.5 Å². The van der Waals surface area contributed by atoms with Crippen molar-refractivity contribution >= 4 is 16.7 Å². The molecule has 1 N–H and O–H groups in total. The number of likely N-dealkylation sites (N-methyl/N-ethyl adjacent to an activating group) is 1. The number of carbonyl (C=O) groups excluding carboxylic acids is 1. The van der Waals surface area contributed by atoms with Gasteiger partial charge in [-0.05, 0) is 41.0 Å². The Balaban J connectivity index is 1.62. The average Bonchev–Trinajstić information content (AvgIpc) is 2.60. The topological polar surface area (TPSA) is 34.0 Å². The number of likely N-dealkylation sites (tertiary alicyclic amines) is 1. The number of nitrogens with one attached hydrogen (secondary N) is 1. The van der Waals surface area contributed by atoms with Gasteiger partial charge in [0, 0.05) is 25.4 Å². The third kappa shape index (κ3) is 4.55. The van der Waals surface area contributed by atoms with Crippen molar-refractivity contribution in [3.63, 3.8) is 0 Å². The van der Waals surface area contributed by atoms with E-state index in [1.54, 1.807) is 7.11 Å². The second-order valence-electron chi connectivity index (χ2n) is 8.08. The molecule has 2 atom stereocenters. The highest BCUT2D eigenvalue weighted by molar-refractivity contribution is 5.84. The molecule has 1 fully saturated rings. The predicted octanol–water partition coefficient (Wildman–Crippen LogP) is 2.37. The highest BCUT2D eigenvalue weighted by Crippen LogP contribution is 2.22. The van der Waals surface area contributed by atoms with Crippen molar-refractivity contribution in [1.29, 1.82) is 0 Å². The van der Waals surface area contributed by atoms with E-state index < -0.39 is 0 Å². The number of ether oxygens (including phenoxy) is 1. The van der Waals surface area contributed by atoms with Gasteiger partial charge >= 0.3 is 0 Å². The fourth-order valence-corrected chi connectivity index (χ4v) is 4.28. The fraction of sp³-hybridized carbons (Fsp3) is 0.500. The van der Waals surface area contributed by atoms with Gasteiger partial charge in [0.25, 0.3) is 5.91 Å². The SMILES string of the molecule is COc1ccc2cc(CN(C)C(=O)C[NH+]3C[C@H](C)C[C@@H](C)C3)ccc2c1. The number of benzene rings is 2. The van der Waals surface area contributed by atoms with Crippen molar-refractivity contribution in [2.75, 3.05) is 33.8 Å². The molecule has 0 saturated carbocycles. The molecule has 1 saturated heterocycles. The molecule has 2 aromatic rings. The highest BCUT2D eigenvalue weighted by atomic mass is 16.5. The number of fused-ring (bicyclic) bond motifs is 1. The Bertz CT molecular complexity index is 764. The number of piperidine rings is 1. The van der Waals surface area contributed by atoms with E-state index in [0.29, 0.717) is 24.9 Å². The van der Waals surface area contributed by atoms with Crippen LogP contribution >= 0.6 is 0 Å². The normalized spacial score (nSPS) is 23.0. The van der Waals surface area contributed by atoms with Crippen LogP contribution < -0.4 is 9.64 Å². The van der Waals surface area contributed by atoms with Crippen molar-refractivity contribution in [2.45, 2.75) is 26.8 Å². The maximum absolute atomic E-state index is 12.7. The first-order valence-electron chi connectivity index (χ1n) is 9.59. The van der Waals surface area contributed by atoms with Crippen LogP contribution in [0.25, 0.3) is 10.8 Å². The number of quaternary nitrogens is 1. The lowest BCUT2D eigenvalue weighted by Gasteiger charge is -2.32. The monoisotopic (exact) mass is 355 g/mol. The highest BCUT2D eigenvalue weighted by Gasteiger charge is 2.27. The van der Waals surface area contributed by atoms with Crippen LogP contribution in [0.4, 0.5) is 0 Å². The van der Waals surface area contributed by atoms with Gasteiger partial charge in [-0.3, -0.25) is 4.79 Å². The zero-order valence-corrected chi connectivity index (χ0v) is 16.4. The van der Waals surface area contributed by atoms with Crippen molar-refractivity contribution in [2.24, 2.45) is 11.8 Å². The second-order valence-corrected chi connectivity index (χ2v) is 8.08. The number of amides is 1. The largest absolute Gasteiger partial charge is 0.497 e. The molecule has 140 valence electrons. The molecule has 1 aliphatic heterocycles. The Hall–Kier alpha value is -2.07. The molecule has 0 radical (unpaired) electrons. The molecule has 4 heteroatoms. The van der Waals surface area contributed by atoms with Crippen LogP contribution in [0.3, 0.4) is 0 Å². The summed E-state index contributed by atoms with van der Waals surface area (Å²) in [4.78, 5) is 16.0. The first kappa shape index (κ1) is 18.7. The molecular formula is C22H31N2O2+. The van der Waals surface area contributed by atoms with Gasteiger partial charge in [-0.15, -0.1) is 0 Å². The standard InChI is InChI=1S/C22H30N2O2/c1-16-9-17(2)13-24(12-16)15-22(25)23(3)14-18-5-6-20-11-21(26-4)8-7-19(20)10-18/h5-8,10-11,16-17H,9,12-15H2,1-4H3/p+1/t16-,17-/m1/s1. The third-order valence-corrected chi connectivity index (χ3v) is 5.44. The number of carbonyl (C=O) groups is 1. The lowest BCUT2D eigenvalue weighted by atomic mass is 9.92. The number of hydrogen-bond acceptors (Lipinski definition) is 2. The summed E-state index contributed by atoms with van der Waals surface area (Å²) in [5.74, 6) is 2.52. The van der Waals surface area contributed by atoms with Crippen LogP contribution in [0.15, 0.2) is 36.4 Å². The third-order valence-electron chi connectivity index (χ3n) is 5.44. The van der Waals surface area contributed by atoms with Crippen LogP contribution in [-0.2, 0) is 11.3 Å². The summed E-state index contributed by atoms with van der Waals surface area (Å²) in [5, 5.41) is 2.33. The Morgan fingerprint density at radius 1 is 1.12 bits per heavy atom. The minimum atomic E-state index is 0.233. The molecule has 1 amide bonds. The van der Waals surface area contributed by atoms with Crippen molar-refractivity contribution in [1.82, 2.24) is 4.90 Å². The van der Waals surface area contributed by atoms with Crippen LogP contribution in [-0.4, -0.2) is 44.6 Å². The van der Waals surface area contributed by atoms with Gasteiger partial charge in [0.05, 0.1) is 20.2 Å². The lowest BCUT2D eigenvalue weighted by Crippen LogP contribution is -3.15. The minimum absolute atomic E-state index is 0.233. The van der Waals surface area contributed by atoms with Crippen molar-refractivity contribution < 1.29 is 14.4 Å². The molecular weight excluding hydrogens is 324 g/mol. The predicted molar refractivity (Wildman–Crippen MR) is 105 cm³/mol. The van der Waals surface area contributed by atoms with Crippen LogP contribution in [0, 0.1) is 11.8 Å². The molecule has 0 bridgehead atoms. The first-order valence-corrected chi connectivity index (χ1v) is 9.59. The van der Waals surface area contributed by atoms with Crippen molar-refractivity contribution in [3.05, 3.63) is 42.0 Å². The van der Waals surface area contributed by atoms with E-state index in [9.17, 15) is 4.79 Å². The van der Waals surface area contributed by atoms with Gasteiger partial charge in [0.15, 0.2) is 6.54 Å². The summed E-state index contributed by atoms with van der Waals surface area (Å²) in [5.41, 5.74) is 1.16. The lowest BCUT2D eigenvalue weighted by molar-refractivity contribution is -0.904. The maximum Gasteiger partial charge on any atom is 0.277 e. The summed E-state index contributed by atoms with van der Waals surface area (Å²) in [6.07, 6.45) is 1.29. The van der Waals surface area contributed by atoms with Crippen molar-refractivity contribution in [3.8, 4) is 5.75 Å². The number of hydrogen-bond donors (Lipinski definition) is 1. The summed E-state index contributed by atoms with van der Waals surface area (Å²) in [6.45, 7) is 8.08. The number of methoxy groups -OCH3 is 1. The molecule has 3 rings (SSSR count). The van der Waals surface area contributed by atoms with E-state index in [4.69, 9.17) is 4.74 Å². The summed E-state index contributed by atoms with van der Waals surface area (Å²) in [7, 11) is 3.60. The van der Waals surface area contributed by atoms with Crippen LogP contribution in [0.5, 0.6) is 5.75 Å². The second kappa shape index (κ2) is 8.09. The van der Waals surface area contributed by atoms with E-state index in [2.05, 4.69) is 38.1 Å². The molecule has 0 aliphatic carbocycles. The molecule has 4 nitrogen and oxygen atoms in total. The Morgan fingerprint density at radius 3 is 2.46 bits per heavy atom. The first-order chi connectivity index (χ1) is 12.4. The Kier molecular flexibility index (Phi) is 5.82. The maximum atomic E-state index is 12.7. The van der Waals surface area contributed by atoms with Gasteiger partial charge in [0.2, 0.25) is 0 Å². The zero-order valence-electron chi connectivity index (χ0n) is 16.4. The van der Waals surface area contributed by atoms with E-state index in [-0.39, 0.29) is 5.91 Å². The smallest absolute Gasteiger partial charge is 0.277 e. The summed E-state index contributed by atoms with van der Waals surface area (Å²) >= 11 is 0. The molecule has 0 spiro atoms. The van der Waals surface area contributed by atoms with Gasteiger partial charge in [-0.1, -0.05) is 32.0 Å². The Morgan fingerprint density at radius 2 is 1.77 bits per heavy atom. The van der Waals surface area contributed by atoms with Crippen LogP contribution in [0.1, 0.15) is 25.8 Å². The Labute approximate surface area is 156 Å². The molecule has 2 aromatic carbocycles.